The monoisotopic (exact) mass is 234 g/mol. The second-order valence-corrected chi connectivity index (χ2v) is 7.48. The molecule has 0 aliphatic heterocycles. The van der Waals surface area contributed by atoms with Gasteiger partial charge in [-0.3, -0.25) is 0 Å². The Bertz CT molecular complexity index is 302. The van der Waals surface area contributed by atoms with Crippen molar-refractivity contribution in [2.24, 2.45) is 17.1 Å². The van der Waals surface area contributed by atoms with Crippen molar-refractivity contribution in [3.63, 3.8) is 0 Å². The molecule has 0 radical (unpaired) electrons. The van der Waals surface area contributed by atoms with Gasteiger partial charge in [0.05, 0.1) is 5.75 Å². The summed E-state index contributed by atoms with van der Waals surface area (Å²) in [5.74, 6) is 0.680. The standard InChI is InChI=1S/C10H22N2O2S/c1-10(2,3)7-15(13,14)12-6-9(11)8-4-5-8/h8-9,12H,4-7,11H2,1-3H3. The summed E-state index contributed by atoms with van der Waals surface area (Å²) in [5.41, 5.74) is 5.61. The molecule has 1 fully saturated rings. The first kappa shape index (κ1) is 12.9. The van der Waals surface area contributed by atoms with E-state index in [1.54, 1.807) is 0 Å². The topological polar surface area (TPSA) is 72.2 Å². The molecule has 4 nitrogen and oxygen atoms in total. The molecule has 1 unspecified atom stereocenters. The first-order chi connectivity index (χ1) is 6.70. The lowest BCUT2D eigenvalue weighted by Gasteiger charge is -2.19. The molecule has 0 amide bonds. The molecule has 1 saturated carbocycles. The van der Waals surface area contributed by atoms with Gasteiger partial charge < -0.3 is 5.73 Å². The van der Waals surface area contributed by atoms with Crippen LogP contribution in [0.25, 0.3) is 0 Å². The van der Waals surface area contributed by atoms with Gasteiger partial charge in [0.25, 0.3) is 0 Å². The van der Waals surface area contributed by atoms with Crippen LogP contribution in [0, 0.1) is 11.3 Å². The van der Waals surface area contributed by atoms with Gasteiger partial charge in [0.2, 0.25) is 10.0 Å². The highest BCUT2D eigenvalue weighted by molar-refractivity contribution is 7.89. The fourth-order valence-corrected chi connectivity index (χ4v) is 3.22. The molecule has 1 aliphatic carbocycles. The molecule has 0 aromatic rings. The largest absolute Gasteiger partial charge is 0.326 e. The smallest absolute Gasteiger partial charge is 0.212 e. The Morgan fingerprint density at radius 2 is 1.93 bits per heavy atom. The lowest BCUT2D eigenvalue weighted by Crippen LogP contribution is -2.41. The van der Waals surface area contributed by atoms with Gasteiger partial charge >= 0.3 is 0 Å². The molecule has 3 N–H and O–H groups in total. The van der Waals surface area contributed by atoms with Crippen molar-refractivity contribution in [1.29, 1.82) is 0 Å². The van der Waals surface area contributed by atoms with E-state index in [0.29, 0.717) is 12.5 Å². The van der Waals surface area contributed by atoms with Gasteiger partial charge in [-0.2, -0.15) is 0 Å². The van der Waals surface area contributed by atoms with Gasteiger partial charge in [-0.1, -0.05) is 20.8 Å². The lowest BCUT2D eigenvalue weighted by atomic mass is 10.0. The molecule has 0 heterocycles. The van der Waals surface area contributed by atoms with Crippen LogP contribution in [0.4, 0.5) is 0 Å². The summed E-state index contributed by atoms with van der Waals surface area (Å²) in [7, 11) is -3.17. The lowest BCUT2D eigenvalue weighted by molar-refractivity contribution is 0.455. The van der Waals surface area contributed by atoms with Crippen LogP contribution in [0.2, 0.25) is 0 Å². The summed E-state index contributed by atoms with van der Waals surface area (Å²) < 4.78 is 25.8. The molecule has 5 heteroatoms. The van der Waals surface area contributed by atoms with Crippen molar-refractivity contribution in [2.75, 3.05) is 12.3 Å². The van der Waals surface area contributed by atoms with E-state index in [9.17, 15) is 8.42 Å². The maximum absolute atomic E-state index is 11.6. The number of hydrogen-bond acceptors (Lipinski definition) is 3. The zero-order chi connectivity index (χ0) is 11.7. The van der Waals surface area contributed by atoms with Crippen LogP contribution in [-0.4, -0.2) is 26.8 Å². The van der Waals surface area contributed by atoms with Gasteiger partial charge in [-0.25, -0.2) is 13.1 Å². The van der Waals surface area contributed by atoms with Crippen LogP contribution < -0.4 is 10.5 Å². The van der Waals surface area contributed by atoms with Crippen molar-refractivity contribution in [3.05, 3.63) is 0 Å². The number of sulfonamides is 1. The Morgan fingerprint density at radius 1 is 1.40 bits per heavy atom. The Labute approximate surface area is 92.7 Å². The van der Waals surface area contributed by atoms with Gasteiger partial charge in [0.1, 0.15) is 0 Å². The molecule has 90 valence electrons. The van der Waals surface area contributed by atoms with Crippen LogP contribution in [0.15, 0.2) is 0 Å². The maximum atomic E-state index is 11.6. The summed E-state index contributed by atoms with van der Waals surface area (Å²) in [6.07, 6.45) is 2.28. The molecule has 0 aromatic carbocycles. The van der Waals surface area contributed by atoms with Crippen molar-refractivity contribution in [3.8, 4) is 0 Å². The quantitative estimate of drug-likeness (QED) is 0.735. The minimum Gasteiger partial charge on any atom is -0.326 e. The summed E-state index contributed by atoms with van der Waals surface area (Å²) >= 11 is 0. The van der Waals surface area contributed by atoms with E-state index in [1.807, 2.05) is 20.8 Å². The van der Waals surface area contributed by atoms with Gasteiger partial charge in [-0.15, -0.1) is 0 Å². The Hall–Kier alpha value is -0.130. The van der Waals surface area contributed by atoms with Crippen LogP contribution >= 0.6 is 0 Å². The average Bonchev–Trinajstić information content (AvgIpc) is 2.77. The van der Waals surface area contributed by atoms with Crippen LogP contribution in [0.5, 0.6) is 0 Å². The maximum Gasteiger partial charge on any atom is 0.212 e. The normalized spacial score (nSPS) is 20.3. The van der Waals surface area contributed by atoms with Crippen molar-refractivity contribution in [2.45, 2.75) is 39.7 Å². The van der Waals surface area contributed by atoms with Gasteiger partial charge in [0.15, 0.2) is 0 Å². The highest BCUT2D eigenvalue weighted by Crippen LogP contribution is 2.31. The summed E-state index contributed by atoms with van der Waals surface area (Å²) in [4.78, 5) is 0. The molecule has 1 rings (SSSR count). The number of nitrogens with two attached hydrogens (primary N) is 1. The molecule has 1 aliphatic rings. The van der Waals surface area contributed by atoms with Gasteiger partial charge in [-0.05, 0) is 24.2 Å². The molecule has 15 heavy (non-hydrogen) atoms. The van der Waals surface area contributed by atoms with Crippen molar-refractivity contribution in [1.82, 2.24) is 4.72 Å². The van der Waals surface area contributed by atoms with Gasteiger partial charge in [0, 0.05) is 12.6 Å². The molecule has 1 atom stereocenters. The summed E-state index contributed by atoms with van der Waals surface area (Å²) in [5, 5.41) is 0. The number of hydrogen-bond donors (Lipinski definition) is 2. The highest BCUT2D eigenvalue weighted by Gasteiger charge is 2.29. The first-order valence-corrected chi connectivity index (χ1v) is 7.08. The first-order valence-electron chi connectivity index (χ1n) is 5.42. The second kappa shape index (κ2) is 4.39. The zero-order valence-corrected chi connectivity index (χ0v) is 10.6. The van der Waals surface area contributed by atoms with E-state index in [4.69, 9.17) is 5.73 Å². The fourth-order valence-electron chi connectivity index (χ4n) is 1.54. The summed E-state index contributed by atoms with van der Waals surface area (Å²) in [6, 6.07) is -0.0141. The molecule has 0 spiro atoms. The molecule has 0 aromatic heterocycles. The Morgan fingerprint density at radius 3 is 2.33 bits per heavy atom. The fraction of sp³-hybridized carbons (Fsp3) is 1.00. The van der Waals surface area contributed by atoms with Crippen LogP contribution in [0.1, 0.15) is 33.6 Å². The Balaban J connectivity index is 2.35. The average molecular weight is 234 g/mol. The second-order valence-electron chi connectivity index (χ2n) is 5.67. The van der Waals surface area contributed by atoms with E-state index < -0.39 is 10.0 Å². The third kappa shape index (κ3) is 5.49. The Kier molecular flexibility index (Phi) is 3.79. The van der Waals surface area contributed by atoms with Crippen LogP contribution in [-0.2, 0) is 10.0 Å². The van der Waals surface area contributed by atoms with E-state index in [0.717, 1.165) is 12.8 Å². The van der Waals surface area contributed by atoms with E-state index in [2.05, 4.69) is 4.72 Å². The minimum atomic E-state index is -3.17. The molecule has 0 bridgehead atoms. The third-order valence-corrected chi connectivity index (χ3v) is 4.24. The predicted molar refractivity (Wildman–Crippen MR) is 61.9 cm³/mol. The minimum absolute atomic E-state index is 0.0141. The molecule has 0 saturated heterocycles. The molecular weight excluding hydrogens is 212 g/mol. The van der Waals surface area contributed by atoms with Crippen molar-refractivity contribution >= 4 is 10.0 Å². The van der Waals surface area contributed by atoms with Crippen LogP contribution in [0.3, 0.4) is 0 Å². The van der Waals surface area contributed by atoms with E-state index in [-0.39, 0.29) is 17.2 Å². The number of rotatable bonds is 5. The number of nitrogens with one attached hydrogen (secondary N) is 1. The van der Waals surface area contributed by atoms with Crippen molar-refractivity contribution < 1.29 is 8.42 Å². The zero-order valence-electron chi connectivity index (χ0n) is 9.79. The third-order valence-electron chi connectivity index (χ3n) is 2.39. The van der Waals surface area contributed by atoms with E-state index >= 15 is 0 Å². The van der Waals surface area contributed by atoms with E-state index in [1.165, 1.54) is 0 Å². The SMILES string of the molecule is CC(C)(C)CS(=O)(=O)NCC(N)C1CC1. The summed E-state index contributed by atoms with van der Waals surface area (Å²) in [6.45, 7) is 6.11. The molecular formula is C10H22N2O2S. The highest BCUT2D eigenvalue weighted by atomic mass is 32.2. The predicted octanol–water partition coefficient (Wildman–Crippen LogP) is 0.689.